The van der Waals surface area contributed by atoms with E-state index in [0.29, 0.717) is 23.8 Å². The lowest BCUT2D eigenvalue weighted by Crippen LogP contribution is -2.37. The Balaban J connectivity index is 2.05. The van der Waals surface area contributed by atoms with Crippen LogP contribution in [0.1, 0.15) is 25.3 Å². The van der Waals surface area contributed by atoms with Crippen LogP contribution in [-0.2, 0) is 10.3 Å². The summed E-state index contributed by atoms with van der Waals surface area (Å²) in [5, 5.41) is 0.557. The smallest absolute Gasteiger partial charge is 0.154 e. The molecule has 0 amide bonds. The Bertz CT molecular complexity index is 536. The Morgan fingerprint density at radius 1 is 1.50 bits per heavy atom. The Morgan fingerprint density at radius 2 is 2.30 bits per heavy atom. The number of thioether (sulfide) groups is 1. The summed E-state index contributed by atoms with van der Waals surface area (Å²) in [6.07, 6.45) is 1.78. The number of nitrogens with two attached hydrogens (primary N) is 1. The molecular formula is C15H19FN2OS. The number of amidine groups is 1. The van der Waals surface area contributed by atoms with Crippen molar-refractivity contribution in [2.24, 2.45) is 16.6 Å². The van der Waals surface area contributed by atoms with E-state index in [1.807, 2.05) is 19.1 Å². The van der Waals surface area contributed by atoms with E-state index >= 15 is 0 Å². The molecule has 0 saturated heterocycles. The molecule has 0 bridgehead atoms. The van der Waals surface area contributed by atoms with Crippen molar-refractivity contribution in [2.45, 2.75) is 31.4 Å². The lowest BCUT2D eigenvalue weighted by atomic mass is 9.81. The molecule has 1 aromatic carbocycles. The normalized spacial score (nSPS) is 32.8. The first-order valence-corrected chi connectivity index (χ1v) is 7.99. The van der Waals surface area contributed by atoms with E-state index in [2.05, 4.69) is 4.99 Å². The van der Waals surface area contributed by atoms with Crippen LogP contribution >= 0.6 is 11.8 Å². The molecule has 1 heterocycles. The average molecular weight is 294 g/mol. The van der Waals surface area contributed by atoms with Gasteiger partial charge in [0.25, 0.3) is 0 Å². The van der Waals surface area contributed by atoms with Crippen molar-refractivity contribution in [3.63, 3.8) is 0 Å². The molecule has 108 valence electrons. The fourth-order valence-corrected chi connectivity index (χ4v) is 4.44. The van der Waals surface area contributed by atoms with Crippen LogP contribution < -0.4 is 5.73 Å². The second kappa shape index (κ2) is 5.37. The molecule has 3 rings (SSSR count). The van der Waals surface area contributed by atoms with Crippen LogP contribution in [0.2, 0.25) is 0 Å². The number of fused-ring (bicyclic) bond motifs is 1. The van der Waals surface area contributed by atoms with Crippen LogP contribution in [0.5, 0.6) is 0 Å². The zero-order valence-corrected chi connectivity index (χ0v) is 12.3. The van der Waals surface area contributed by atoms with Crippen molar-refractivity contribution in [3.8, 4) is 0 Å². The topological polar surface area (TPSA) is 47.6 Å². The van der Waals surface area contributed by atoms with E-state index in [1.165, 1.54) is 6.07 Å². The van der Waals surface area contributed by atoms with Crippen molar-refractivity contribution in [1.29, 1.82) is 0 Å². The van der Waals surface area contributed by atoms with E-state index < -0.39 is 5.54 Å². The maximum Gasteiger partial charge on any atom is 0.154 e. The number of hydrogen-bond donors (Lipinski definition) is 1. The summed E-state index contributed by atoms with van der Waals surface area (Å²) in [7, 11) is 0. The monoisotopic (exact) mass is 294 g/mol. The van der Waals surface area contributed by atoms with Crippen molar-refractivity contribution < 1.29 is 9.13 Å². The number of halogens is 1. The highest BCUT2D eigenvalue weighted by atomic mass is 32.2. The van der Waals surface area contributed by atoms with Gasteiger partial charge in [-0.3, -0.25) is 4.99 Å². The van der Waals surface area contributed by atoms with Crippen LogP contribution in [0, 0.1) is 11.7 Å². The summed E-state index contributed by atoms with van der Waals surface area (Å²) in [5.41, 5.74) is 6.05. The first kappa shape index (κ1) is 13.9. The molecule has 2 N–H and O–H groups in total. The zero-order chi connectivity index (χ0) is 14.2. The van der Waals surface area contributed by atoms with Crippen LogP contribution in [0.4, 0.5) is 4.39 Å². The van der Waals surface area contributed by atoms with Crippen LogP contribution in [0.15, 0.2) is 29.3 Å². The van der Waals surface area contributed by atoms with Gasteiger partial charge in [-0.05, 0) is 19.4 Å². The Labute approximate surface area is 122 Å². The summed E-state index contributed by atoms with van der Waals surface area (Å²) in [5.74, 6) is 0.971. The average Bonchev–Trinajstić information content (AvgIpc) is 2.77. The van der Waals surface area contributed by atoms with Gasteiger partial charge in [0.2, 0.25) is 0 Å². The summed E-state index contributed by atoms with van der Waals surface area (Å²) in [6.45, 7) is 2.67. The molecule has 5 heteroatoms. The van der Waals surface area contributed by atoms with Crippen molar-refractivity contribution >= 4 is 16.9 Å². The molecule has 20 heavy (non-hydrogen) atoms. The quantitative estimate of drug-likeness (QED) is 0.932. The lowest BCUT2D eigenvalue weighted by Gasteiger charge is -2.35. The molecule has 1 aliphatic carbocycles. The molecule has 1 fully saturated rings. The zero-order valence-electron chi connectivity index (χ0n) is 11.5. The predicted octanol–water partition coefficient (Wildman–Crippen LogP) is 2.90. The van der Waals surface area contributed by atoms with Gasteiger partial charge in [-0.2, -0.15) is 0 Å². The van der Waals surface area contributed by atoms with Gasteiger partial charge in [0.1, 0.15) is 5.82 Å². The standard InChI is InChI=1S/C15H19FN2OS/c1-2-19-11-7-10-9-20-14(17)18-15(10,8-11)12-5-3-4-6-13(12)16/h3-6,10-11H,2,7-9H2,1H3,(H2,17,18)/t10?,11-,15?/m1/s1. The first-order valence-electron chi connectivity index (χ1n) is 7.00. The highest BCUT2D eigenvalue weighted by Crippen LogP contribution is 2.52. The highest BCUT2D eigenvalue weighted by Gasteiger charge is 2.51. The van der Waals surface area contributed by atoms with Crippen LogP contribution in [0.3, 0.4) is 0 Å². The molecule has 0 aromatic heterocycles. The Kier molecular flexibility index (Phi) is 3.73. The van der Waals surface area contributed by atoms with Crippen molar-refractivity contribution in [3.05, 3.63) is 35.6 Å². The van der Waals surface area contributed by atoms with Gasteiger partial charge < -0.3 is 10.5 Å². The number of ether oxygens (including phenoxy) is 1. The van der Waals surface area contributed by atoms with Gasteiger partial charge in [-0.15, -0.1) is 0 Å². The molecule has 2 unspecified atom stereocenters. The molecule has 2 aliphatic rings. The van der Waals surface area contributed by atoms with E-state index in [1.54, 1.807) is 17.8 Å². The summed E-state index contributed by atoms with van der Waals surface area (Å²) in [6, 6.07) is 6.92. The van der Waals surface area contributed by atoms with Crippen molar-refractivity contribution in [1.82, 2.24) is 0 Å². The Hall–Kier alpha value is -1.07. The maximum absolute atomic E-state index is 14.3. The number of hydrogen-bond acceptors (Lipinski definition) is 4. The van der Waals surface area contributed by atoms with E-state index in [4.69, 9.17) is 10.5 Å². The highest BCUT2D eigenvalue weighted by molar-refractivity contribution is 8.13. The molecular weight excluding hydrogens is 275 g/mol. The van der Waals surface area contributed by atoms with Gasteiger partial charge in [0.15, 0.2) is 5.17 Å². The summed E-state index contributed by atoms with van der Waals surface area (Å²) >= 11 is 1.56. The number of benzene rings is 1. The van der Waals surface area contributed by atoms with Crippen molar-refractivity contribution in [2.75, 3.05) is 12.4 Å². The third-order valence-electron chi connectivity index (χ3n) is 4.25. The third kappa shape index (κ3) is 2.23. The third-order valence-corrected chi connectivity index (χ3v) is 5.20. The van der Waals surface area contributed by atoms with E-state index in [0.717, 1.165) is 12.2 Å². The molecule has 3 atom stereocenters. The minimum Gasteiger partial charge on any atom is -0.379 e. The molecule has 0 spiro atoms. The second-order valence-corrected chi connectivity index (χ2v) is 6.42. The van der Waals surface area contributed by atoms with E-state index in [-0.39, 0.29) is 17.8 Å². The fourth-order valence-electron chi connectivity index (χ4n) is 3.43. The Morgan fingerprint density at radius 3 is 3.05 bits per heavy atom. The van der Waals surface area contributed by atoms with Crippen LogP contribution in [-0.4, -0.2) is 23.6 Å². The van der Waals surface area contributed by atoms with Gasteiger partial charge >= 0.3 is 0 Å². The minimum atomic E-state index is -0.541. The molecule has 0 radical (unpaired) electrons. The lowest BCUT2D eigenvalue weighted by molar-refractivity contribution is 0.0629. The molecule has 3 nitrogen and oxygen atoms in total. The van der Waals surface area contributed by atoms with E-state index in [9.17, 15) is 4.39 Å². The fraction of sp³-hybridized carbons (Fsp3) is 0.533. The largest absolute Gasteiger partial charge is 0.379 e. The molecule has 1 aliphatic heterocycles. The van der Waals surface area contributed by atoms with Gasteiger partial charge in [-0.25, -0.2) is 4.39 Å². The number of nitrogens with zero attached hydrogens (tertiary/aromatic N) is 1. The maximum atomic E-state index is 14.3. The van der Waals surface area contributed by atoms with Gasteiger partial charge in [0, 0.05) is 30.3 Å². The number of aliphatic imine (C=N–C) groups is 1. The SMILES string of the molecule is CCO[C@@H]1CC2CSC(N)=NC2(c2ccccc2F)C1. The van der Waals surface area contributed by atoms with Crippen LogP contribution in [0.25, 0.3) is 0 Å². The molecule has 1 aromatic rings. The predicted molar refractivity (Wildman–Crippen MR) is 80.3 cm³/mol. The second-order valence-electron chi connectivity index (χ2n) is 5.38. The number of rotatable bonds is 3. The molecule has 1 saturated carbocycles. The van der Waals surface area contributed by atoms with Gasteiger partial charge in [-0.1, -0.05) is 30.0 Å². The summed E-state index contributed by atoms with van der Waals surface area (Å²) in [4.78, 5) is 4.68. The summed E-state index contributed by atoms with van der Waals surface area (Å²) < 4.78 is 20.1. The minimum absolute atomic E-state index is 0.139. The van der Waals surface area contributed by atoms with Gasteiger partial charge in [0.05, 0.1) is 11.6 Å². The first-order chi connectivity index (χ1) is 9.65.